The fraction of sp³-hybridized carbons (Fsp3) is 0.294. The van der Waals surface area contributed by atoms with Crippen LogP contribution in [-0.4, -0.2) is 49.4 Å². The molecule has 1 N–H and O–H groups in total. The van der Waals surface area contributed by atoms with Gasteiger partial charge in [-0.15, -0.1) is 0 Å². The summed E-state index contributed by atoms with van der Waals surface area (Å²) in [5.74, 6) is -0.654. The van der Waals surface area contributed by atoms with Crippen molar-refractivity contribution in [3.8, 4) is 0 Å². The fourth-order valence-corrected chi connectivity index (χ4v) is 2.10. The monoisotopic (exact) mass is 316 g/mol. The molecule has 122 valence electrons. The molecule has 2 amide bonds. The number of rotatable bonds is 8. The van der Waals surface area contributed by atoms with E-state index in [4.69, 9.17) is 0 Å². The molecule has 0 fully saturated rings. The molecule has 1 unspecified atom stereocenters. The summed E-state index contributed by atoms with van der Waals surface area (Å²) < 4.78 is 0. The van der Waals surface area contributed by atoms with Crippen molar-refractivity contribution in [1.82, 2.24) is 10.2 Å². The highest BCUT2D eigenvalue weighted by Gasteiger charge is 2.23. The average Bonchev–Trinajstić information content (AvgIpc) is 2.60. The van der Waals surface area contributed by atoms with Gasteiger partial charge >= 0.3 is 0 Å². The van der Waals surface area contributed by atoms with Crippen LogP contribution in [0.4, 0.5) is 0 Å². The number of hydrogen-bond donors (Lipinski definition) is 1. The first kappa shape index (κ1) is 18.3. The van der Waals surface area contributed by atoms with Crippen LogP contribution in [0.25, 0.3) is 6.08 Å². The first-order valence-corrected chi connectivity index (χ1v) is 7.13. The van der Waals surface area contributed by atoms with Crippen LogP contribution in [-0.2, 0) is 9.59 Å². The van der Waals surface area contributed by atoms with Crippen LogP contribution in [0.3, 0.4) is 0 Å². The standard InChI is InChI=1S/C17H20N2O4/c1-4-12-5-7-15(13(9-12)10-20)17(23)19(3)14(11-21)6-8-16(22)18-2/h4-5,7,9-11,14H,1,6,8H2,2-3H3,(H,18,22). The molecule has 0 spiro atoms. The summed E-state index contributed by atoms with van der Waals surface area (Å²) in [5, 5.41) is 2.46. The molecule has 0 saturated heterocycles. The van der Waals surface area contributed by atoms with E-state index >= 15 is 0 Å². The third kappa shape index (κ3) is 4.60. The van der Waals surface area contributed by atoms with E-state index in [-0.39, 0.29) is 29.9 Å². The first-order chi connectivity index (χ1) is 11.0. The Morgan fingerprint density at radius 2 is 2.04 bits per heavy atom. The molecular weight excluding hydrogens is 296 g/mol. The predicted molar refractivity (Wildman–Crippen MR) is 87.2 cm³/mol. The van der Waals surface area contributed by atoms with Gasteiger partial charge in [-0.2, -0.15) is 0 Å². The molecule has 0 aliphatic carbocycles. The van der Waals surface area contributed by atoms with Crippen LogP contribution < -0.4 is 5.32 Å². The first-order valence-electron chi connectivity index (χ1n) is 7.13. The highest BCUT2D eigenvalue weighted by atomic mass is 16.2. The van der Waals surface area contributed by atoms with Gasteiger partial charge in [0.15, 0.2) is 6.29 Å². The molecule has 1 aromatic rings. The van der Waals surface area contributed by atoms with E-state index in [0.29, 0.717) is 12.6 Å². The van der Waals surface area contributed by atoms with Gasteiger partial charge in [-0.1, -0.05) is 18.7 Å². The largest absolute Gasteiger partial charge is 0.359 e. The van der Waals surface area contributed by atoms with Crippen molar-refractivity contribution >= 4 is 30.5 Å². The fourth-order valence-electron chi connectivity index (χ4n) is 2.10. The molecule has 0 saturated carbocycles. The van der Waals surface area contributed by atoms with Gasteiger partial charge in [0.05, 0.1) is 11.6 Å². The number of aldehydes is 2. The maximum atomic E-state index is 12.5. The molecule has 1 rings (SSSR count). The highest BCUT2D eigenvalue weighted by Crippen LogP contribution is 2.15. The van der Waals surface area contributed by atoms with Crippen molar-refractivity contribution in [2.45, 2.75) is 18.9 Å². The minimum Gasteiger partial charge on any atom is -0.359 e. The van der Waals surface area contributed by atoms with Crippen LogP contribution in [0, 0.1) is 0 Å². The van der Waals surface area contributed by atoms with E-state index in [1.54, 1.807) is 18.2 Å². The third-order valence-corrected chi connectivity index (χ3v) is 3.59. The Morgan fingerprint density at radius 1 is 1.35 bits per heavy atom. The summed E-state index contributed by atoms with van der Waals surface area (Å²) in [6.07, 6.45) is 3.14. The number of nitrogens with one attached hydrogen (secondary N) is 1. The van der Waals surface area contributed by atoms with Crippen molar-refractivity contribution in [1.29, 1.82) is 0 Å². The molecule has 0 aromatic heterocycles. The van der Waals surface area contributed by atoms with Gasteiger partial charge in [0.1, 0.15) is 6.29 Å². The van der Waals surface area contributed by atoms with E-state index in [0.717, 1.165) is 5.56 Å². The van der Waals surface area contributed by atoms with E-state index in [2.05, 4.69) is 11.9 Å². The molecule has 0 aliphatic heterocycles. The lowest BCUT2D eigenvalue weighted by Gasteiger charge is -2.24. The van der Waals surface area contributed by atoms with Gasteiger partial charge in [0.2, 0.25) is 5.91 Å². The molecule has 23 heavy (non-hydrogen) atoms. The summed E-state index contributed by atoms with van der Waals surface area (Å²) in [5.41, 5.74) is 1.16. The number of benzene rings is 1. The summed E-state index contributed by atoms with van der Waals surface area (Å²) in [7, 11) is 2.98. The van der Waals surface area contributed by atoms with Gasteiger partial charge in [0.25, 0.3) is 5.91 Å². The van der Waals surface area contributed by atoms with Crippen LogP contribution in [0.15, 0.2) is 24.8 Å². The number of amides is 2. The molecule has 0 heterocycles. The minimum absolute atomic E-state index is 0.132. The van der Waals surface area contributed by atoms with Crippen molar-refractivity contribution in [2.24, 2.45) is 0 Å². The van der Waals surface area contributed by atoms with Crippen molar-refractivity contribution in [2.75, 3.05) is 14.1 Å². The van der Waals surface area contributed by atoms with Gasteiger partial charge in [0, 0.05) is 26.1 Å². The van der Waals surface area contributed by atoms with Gasteiger partial charge in [-0.3, -0.25) is 14.4 Å². The molecule has 1 aromatic carbocycles. The molecular formula is C17H20N2O4. The number of nitrogens with zero attached hydrogens (tertiary/aromatic N) is 1. The molecule has 1 atom stereocenters. The molecule has 0 bridgehead atoms. The van der Waals surface area contributed by atoms with E-state index in [1.807, 2.05) is 0 Å². The molecule has 0 radical (unpaired) electrons. The summed E-state index contributed by atoms with van der Waals surface area (Å²) in [6.45, 7) is 3.61. The Labute approximate surface area is 135 Å². The quantitative estimate of drug-likeness (QED) is 0.733. The van der Waals surface area contributed by atoms with Crippen molar-refractivity contribution in [3.05, 3.63) is 41.5 Å². The SMILES string of the molecule is C=Cc1ccc(C(=O)N(C)C(C=O)CCC(=O)NC)c(C=O)c1. The Balaban J connectivity index is 2.97. The summed E-state index contributed by atoms with van der Waals surface area (Å²) in [6, 6.07) is 4.02. The zero-order valence-electron chi connectivity index (χ0n) is 13.2. The number of hydrogen-bond acceptors (Lipinski definition) is 4. The second kappa shape index (κ2) is 8.63. The third-order valence-electron chi connectivity index (χ3n) is 3.59. The van der Waals surface area contributed by atoms with Crippen LogP contribution >= 0.6 is 0 Å². The van der Waals surface area contributed by atoms with Crippen LogP contribution in [0.5, 0.6) is 0 Å². The molecule has 0 aliphatic rings. The minimum atomic E-state index is -0.738. The Bertz CT molecular complexity index is 625. The normalized spacial score (nSPS) is 11.2. The summed E-state index contributed by atoms with van der Waals surface area (Å²) >= 11 is 0. The molecule has 6 nitrogen and oxygen atoms in total. The van der Waals surface area contributed by atoms with Crippen molar-refractivity contribution < 1.29 is 19.2 Å². The maximum absolute atomic E-state index is 12.5. The van der Waals surface area contributed by atoms with E-state index in [9.17, 15) is 19.2 Å². The number of carbonyl (C=O) groups excluding carboxylic acids is 4. The lowest BCUT2D eigenvalue weighted by atomic mass is 10.0. The van der Waals surface area contributed by atoms with Crippen LogP contribution in [0.1, 0.15) is 39.1 Å². The number of likely N-dealkylation sites (N-methyl/N-ethyl adjacent to an activating group) is 1. The second-order valence-corrected chi connectivity index (χ2v) is 5.00. The smallest absolute Gasteiger partial charge is 0.254 e. The van der Waals surface area contributed by atoms with Crippen LogP contribution in [0.2, 0.25) is 0 Å². The summed E-state index contributed by atoms with van der Waals surface area (Å²) in [4.78, 5) is 47.5. The topological polar surface area (TPSA) is 83.6 Å². The zero-order valence-corrected chi connectivity index (χ0v) is 13.2. The van der Waals surface area contributed by atoms with Gasteiger partial charge in [-0.25, -0.2) is 0 Å². The van der Waals surface area contributed by atoms with Gasteiger partial charge in [-0.05, 0) is 24.1 Å². The number of carbonyl (C=O) groups is 4. The van der Waals surface area contributed by atoms with Crippen molar-refractivity contribution in [3.63, 3.8) is 0 Å². The molecule has 6 heteroatoms. The Kier molecular flexibility index (Phi) is 6.86. The zero-order chi connectivity index (χ0) is 17.4. The van der Waals surface area contributed by atoms with E-state index < -0.39 is 11.9 Å². The Morgan fingerprint density at radius 3 is 2.57 bits per heavy atom. The predicted octanol–water partition coefficient (Wildman–Crippen LogP) is 1.31. The lowest BCUT2D eigenvalue weighted by Crippen LogP contribution is -2.39. The highest BCUT2D eigenvalue weighted by molar-refractivity contribution is 6.02. The average molecular weight is 316 g/mol. The lowest BCUT2D eigenvalue weighted by molar-refractivity contribution is -0.121. The van der Waals surface area contributed by atoms with Gasteiger partial charge < -0.3 is 15.0 Å². The van der Waals surface area contributed by atoms with E-state index in [1.165, 1.54) is 25.1 Å². The second-order valence-electron chi connectivity index (χ2n) is 5.00. The maximum Gasteiger partial charge on any atom is 0.254 e. The Hall–Kier alpha value is -2.76.